The van der Waals surface area contributed by atoms with Crippen molar-refractivity contribution in [2.24, 2.45) is 0 Å². The molecule has 1 aliphatic carbocycles. The first-order valence-corrected chi connectivity index (χ1v) is 4.88. The Morgan fingerprint density at radius 3 is 2.46 bits per heavy atom. The minimum Gasteiger partial charge on any atom is -0.482 e. The second-order valence-corrected chi connectivity index (χ2v) is 4.67. The summed E-state index contributed by atoms with van der Waals surface area (Å²) in [5.41, 5.74) is 4.30. The summed E-state index contributed by atoms with van der Waals surface area (Å²) in [7, 11) is 4.53. The maximum absolute atomic E-state index is 5.73. The van der Waals surface area contributed by atoms with E-state index < -0.39 is 0 Å². The van der Waals surface area contributed by atoms with Crippen molar-refractivity contribution in [3.05, 3.63) is 22.6 Å². The quantitative estimate of drug-likeness (QED) is 0.518. The second-order valence-electron chi connectivity index (χ2n) is 4.67. The lowest BCUT2D eigenvalue weighted by Gasteiger charge is -2.36. The number of fused-ring (bicyclic) bond motifs is 1. The van der Waals surface area contributed by atoms with E-state index in [0.29, 0.717) is 0 Å². The number of rotatable bonds is 0. The molecule has 0 saturated carbocycles. The SMILES string of the molecule is CC1=C2OCC[N+](C)(C)C2=C(C)C1. The van der Waals surface area contributed by atoms with Crippen molar-refractivity contribution in [1.29, 1.82) is 0 Å². The Labute approximate surface area is 80.1 Å². The fourth-order valence-electron chi connectivity index (χ4n) is 2.43. The van der Waals surface area contributed by atoms with Crippen LogP contribution in [0.25, 0.3) is 0 Å². The van der Waals surface area contributed by atoms with E-state index in [0.717, 1.165) is 24.1 Å². The van der Waals surface area contributed by atoms with E-state index in [1.807, 2.05) is 0 Å². The molecule has 2 nitrogen and oxygen atoms in total. The highest BCUT2D eigenvalue weighted by molar-refractivity contribution is 5.39. The predicted octanol–water partition coefficient (Wildman–Crippen LogP) is 2.04. The molecule has 0 aromatic rings. The molecule has 13 heavy (non-hydrogen) atoms. The Kier molecular flexibility index (Phi) is 1.77. The highest BCUT2D eigenvalue weighted by atomic mass is 16.5. The molecule has 0 aromatic heterocycles. The molecule has 2 heteroatoms. The zero-order chi connectivity index (χ0) is 9.64. The monoisotopic (exact) mass is 180 g/mol. The average molecular weight is 180 g/mol. The molecule has 0 unspecified atom stereocenters. The first-order chi connectivity index (χ1) is 6.02. The van der Waals surface area contributed by atoms with Gasteiger partial charge in [-0.3, -0.25) is 4.48 Å². The molecule has 0 amide bonds. The van der Waals surface area contributed by atoms with Crippen LogP contribution in [-0.2, 0) is 4.74 Å². The number of ether oxygens (including phenoxy) is 1. The summed E-state index contributed by atoms with van der Waals surface area (Å²) >= 11 is 0. The first-order valence-electron chi connectivity index (χ1n) is 4.88. The van der Waals surface area contributed by atoms with Crippen molar-refractivity contribution in [3.63, 3.8) is 0 Å². The molecule has 0 aromatic carbocycles. The molecule has 0 spiro atoms. The van der Waals surface area contributed by atoms with E-state index in [4.69, 9.17) is 4.74 Å². The normalized spacial score (nSPS) is 26.2. The average Bonchev–Trinajstić information content (AvgIpc) is 2.27. The second kappa shape index (κ2) is 2.61. The highest BCUT2D eigenvalue weighted by Crippen LogP contribution is 2.39. The van der Waals surface area contributed by atoms with Gasteiger partial charge in [0, 0.05) is 0 Å². The van der Waals surface area contributed by atoms with Crippen molar-refractivity contribution < 1.29 is 9.22 Å². The van der Waals surface area contributed by atoms with Crippen LogP contribution >= 0.6 is 0 Å². The molecule has 0 radical (unpaired) electrons. The van der Waals surface area contributed by atoms with Crippen LogP contribution < -0.4 is 0 Å². The molecular formula is C11H18NO+. The Balaban J connectivity index is 2.48. The van der Waals surface area contributed by atoms with Gasteiger partial charge >= 0.3 is 0 Å². The predicted molar refractivity (Wildman–Crippen MR) is 52.9 cm³/mol. The number of hydrogen-bond donors (Lipinski definition) is 0. The molecule has 0 N–H and O–H groups in total. The summed E-state index contributed by atoms with van der Waals surface area (Å²) in [6.45, 7) is 6.34. The molecule has 1 saturated heterocycles. The molecule has 1 aliphatic heterocycles. The first kappa shape index (κ1) is 8.82. The number of morpholine rings is 1. The zero-order valence-electron chi connectivity index (χ0n) is 8.98. The van der Waals surface area contributed by atoms with E-state index in [1.165, 1.54) is 22.6 Å². The van der Waals surface area contributed by atoms with Gasteiger partial charge in [-0.05, 0) is 31.4 Å². The lowest BCUT2D eigenvalue weighted by atomic mass is 10.2. The van der Waals surface area contributed by atoms with Gasteiger partial charge in [0.2, 0.25) is 0 Å². The van der Waals surface area contributed by atoms with Gasteiger partial charge in [-0.1, -0.05) is 0 Å². The van der Waals surface area contributed by atoms with Crippen molar-refractivity contribution in [1.82, 2.24) is 0 Å². The summed E-state index contributed by atoms with van der Waals surface area (Å²) < 4.78 is 6.71. The van der Waals surface area contributed by atoms with Crippen LogP contribution in [0, 0.1) is 0 Å². The van der Waals surface area contributed by atoms with Gasteiger partial charge < -0.3 is 4.74 Å². The minimum absolute atomic E-state index is 0.858. The summed E-state index contributed by atoms with van der Waals surface area (Å²) in [4.78, 5) is 0. The topological polar surface area (TPSA) is 9.23 Å². The summed E-state index contributed by atoms with van der Waals surface area (Å²) in [5, 5.41) is 0. The van der Waals surface area contributed by atoms with Crippen LogP contribution in [0.5, 0.6) is 0 Å². The number of hydrogen-bond acceptors (Lipinski definition) is 1. The third-order valence-corrected chi connectivity index (χ3v) is 3.04. The minimum atomic E-state index is 0.858. The van der Waals surface area contributed by atoms with Crippen LogP contribution in [0.3, 0.4) is 0 Å². The number of likely N-dealkylation sites (N-methyl/N-ethyl adjacent to an activating group) is 1. The van der Waals surface area contributed by atoms with Gasteiger partial charge in [0.15, 0.2) is 11.5 Å². The molecule has 1 fully saturated rings. The fourth-order valence-corrected chi connectivity index (χ4v) is 2.43. The van der Waals surface area contributed by atoms with Gasteiger partial charge in [-0.15, -0.1) is 0 Å². The lowest BCUT2D eigenvalue weighted by Crippen LogP contribution is -2.45. The Hall–Kier alpha value is -0.760. The summed E-state index contributed by atoms with van der Waals surface area (Å²) in [6.07, 6.45) is 1.10. The van der Waals surface area contributed by atoms with Crippen molar-refractivity contribution in [3.8, 4) is 0 Å². The highest BCUT2D eigenvalue weighted by Gasteiger charge is 2.38. The third kappa shape index (κ3) is 1.20. The van der Waals surface area contributed by atoms with Crippen molar-refractivity contribution in [2.45, 2.75) is 20.3 Å². The largest absolute Gasteiger partial charge is 0.482 e. The molecular weight excluding hydrogens is 162 g/mol. The number of nitrogens with zero attached hydrogens (tertiary/aromatic N) is 1. The van der Waals surface area contributed by atoms with Gasteiger partial charge in [0.05, 0.1) is 14.1 Å². The van der Waals surface area contributed by atoms with Crippen molar-refractivity contribution >= 4 is 0 Å². The van der Waals surface area contributed by atoms with Crippen LogP contribution in [0.15, 0.2) is 22.6 Å². The lowest BCUT2D eigenvalue weighted by molar-refractivity contribution is -0.857. The van der Waals surface area contributed by atoms with Crippen LogP contribution in [0.2, 0.25) is 0 Å². The van der Waals surface area contributed by atoms with Crippen molar-refractivity contribution in [2.75, 3.05) is 27.2 Å². The van der Waals surface area contributed by atoms with E-state index in [2.05, 4.69) is 27.9 Å². The van der Waals surface area contributed by atoms with E-state index in [-0.39, 0.29) is 0 Å². The van der Waals surface area contributed by atoms with Gasteiger partial charge in [-0.25, -0.2) is 0 Å². The molecule has 0 atom stereocenters. The third-order valence-electron chi connectivity index (χ3n) is 3.04. The fraction of sp³-hybridized carbons (Fsp3) is 0.636. The maximum atomic E-state index is 5.73. The van der Waals surface area contributed by atoms with Gasteiger partial charge in [-0.2, -0.15) is 0 Å². The molecule has 2 aliphatic rings. The standard InChI is InChI=1S/C11H18NO/c1-8-7-9(2)11-10(8)12(3,4)5-6-13-11/h5-7H2,1-4H3/q+1. The molecule has 72 valence electrons. The van der Waals surface area contributed by atoms with E-state index >= 15 is 0 Å². The Morgan fingerprint density at radius 1 is 1.15 bits per heavy atom. The summed E-state index contributed by atoms with van der Waals surface area (Å²) in [6, 6.07) is 0. The zero-order valence-corrected chi connectivity index (χ0v) is 8.98. The maximum Gasteiger partial charge on any atom is 0.179 e. The Morgan fingerprint density at radius 2 is 1.85 bits per heavy atom. The van der Waals surface area contributed by atoms with Crippen LogP contribution in [0.4, 0.5) is 0 Å². The molecule has 2 rings (SSSR count). The number of quaternary nitrogens is 1. The van der Waals surface area contributed by atoms with Gasteiger partial charge in [0.1, 0.15) is 13.2 Å². The Bertz CT molecular complexity index is 310. The summed E-state index contributed by atoms with van der Waals surface area (Å²) in [5.74, 6) is 1.17. The van der Waals surface area contributed by atoms with Gasteiger partial charge in [0.25, 0.3) is 0 Å². The van der Waals surface area contributed by atoms with Crippen LogP contribution in [-0.4, -0.2) is 31.7 Å². The number of allylic oxidation sites excluding steroid dienone is 2. The van der Waals surface area contributed by atoms with Crippen LogP contribution in [0.1, 0.15) is 20.3 Å². The molecule has 0 bridgehead atoms. The smallest absolute Gasteiger partial charge is 0.179 e. The molecule has 1 heterocycles. The van der Waals surface area contributed by atoms with E-state index in [1.54, 1.807) is 0 Å². The van der Waals surface area contributed by atoms with E-state index in [9.17, 15) is 0 Å².